The van der Waals surface area contributed by atoms with Crippen molar-refractivity contribution in [2.75, 3.05) is 25.0 Å². The van der Waals surface area contributed by atoms with Gasteiger partial charge in [0.25, 0.3) is 0 Å². The lowest BCUT2D eigenvalue weighted by molar-refractivity contribution is -0.138. The number of likely N-dealkylation sites (N-methyl/N-ethyl adjacent to an activating group) is 1. The number of hydrogen-bond acceptors (Lipinski definition) is 3. The molecule has 2 aromatic rings. The molecule has 4 heterocycles. The number of hydrogen-bond donors (Lipinski definition) is 0. The number of rotatable bonds is 1. The second kappa shape index (κ2) is 5.38. The van der Waals surface area contributed by atoms with Crippen molar-refractivity contribution in [2.24, 2.45) is 5.92 Å². The van der Waals surface area contributed by atoms with Gasteiger partial charge in [0.05, 0.1) is 11.4 Å². The smallest absolute Gasteiger partial charge is 0.227 e. The van der Waals surface area contributed by atoms with Crippen LogP contribution in [0.5, 0.6) is 0 Å². The van der Waals surface area contributed by atoms with Gasteiger partial charge in [-0.2, -0.15) is 0 Å². The van der Waals surface area contributed by atoms with Gasteiger partial charge < -0.3 is 9.80 Å². The van der Waals surface area contributed by atoms with Crippen LogP contribution in [-0.4, -0.2) is 42.0 Å². The fourth-order valence-electron chi connectivity index (χ4n) is 4.00. The highest BCUT2D eigenvalue weighted by Gasteiger charge is 2.39. The van der Waals surface area contributed by atoms with E-state index in [0.717, 1.165) is 53.1 Å². The van der Waals surface area contributed by atoms with Crippen molar-refractivity contribution in [1.29, 1.82) is 0 Å². The summed E-state index contributed by atoms with van der Waals surface area (Å²) in [6, 6.07) is 6.28. The van der Waals surface area contributed by atoms with Gasteiger partial charge in [0, 0.05) is 48.5 Å². The van der Waals surface area contributed by atoms with Crippen LogP contribution in [0.1, 0.15) is 18.4 Å². The van der Waals surface area contributed by atoms with Gasteiger partial charge in [-0.05, 0) is 43.5 Å². The lowest BCUT2D eigenvalue weighted by Gasteiger charge is -2.32. The van der Waals surface area contributed by atoms with Crippen LogP contribution in [0.15, 0.2) is 24.4 Å². The molecule has 5 rings (SSSR count). The van der Waals surface area contributed by atoms with E-state index in [2.05, 4.69) is 9.88 Å². The first-order valence-electron chi connectivity index (χ1n) is 8.11. The Morgan fingerprint density at radius 3 is 2.91 bits per heavy atom. The Balaban J connectivity index is 1.82. The first-order chi connectivity index (χ1) is 11.0. The zero-order chi connectivity index (χ0) is 16.1. The van der Waals surface area contributed by atoms with E-state index in [1.807, 2.05) is 43.3 Å². The topological polar surface area (TPSA) is 36.4 Å². The molecule has 4 nitrogen and oxygen atoms in total. The molecule has 23 heavy (non-hydrogen) atoms. The minimum absolute atomic E-state index is 0.0993. The maximum Gasteiger partial charge on any atom is 0.227 e. The van der Waals surface area contributed by atoms with Gasteiger partial charge in [0.1, 0.15) is 0 Å². The number of amides is 1. The van der Waals surface area contributed by atoms with E-state index < -0.39 is 0 Å². The van der Waals surface area contributed by atoms with Crippen LogP contribution in [0.2, 0.25) is 5.02 Å². The Bertz CT molecular complexity index is 791. The monoisotopic (exact) mass is 329 g/mol. The molecule has 120 valence electrons. The molecule has 3 aliphatic heterocycles. The minimum Gasteiger partial charge on any atom is -0.368 e. The standard InChI is InChI=1S/C18H20ClN3O/c1-11-7-13(19)8-15-16(5-6-20-17(11)15)22-9-12-3-4-14(10-22)21(2)18(12)23/h5-8,12,14H,3-4,9-10H2,1-2H3/t12-,14+/m1/s1. The molecule has 1 aromatic carbocycles. The van der Waals surface area contributed by atoms with E-state index in [0.29, 0.717) is 6.04 Å². The predicted octanol–water partition coefficient (Wildman–Crippen LogP) is 3.25. The number of halogens is 1. The van der Waals surface area contributed by atoms with Gasteiger partial charge in [0.15, 0.2) is 0 Å². The number of nitrogens with zero attached hydrogens (tertiary/aromatic N) is 3. The highest BCUT2D eigenvalue weighted by atomic mass is 35.5. The number of piperidine rings is 1. The molecule has 5 heteroatoms. The maximum absolute atomic E-state index is 12.4. The average molecular weight is 330 g/mol. The summed E-state index contributed by atoms with van der Waals surface area (Å²) in [5, 5.41) is 1.81. The number of aryl methyl sites for hydroxylation is 1. The number of benzene rings is 1. The summed E-state index contributed by atoms with van der Waals surface area (Å²) in [6.45, 7) is 3.70. The van der Waals surface area contributed by atoms with Gasteiger partial charge in [-0.25, -0.2) is 0 Å². The van der Waals surface area contributed by atoms with Crippen LogP contribution in [0.3, 0.4) is 0 Å². The lowest BCUT2D eigenvalue weighted by atomic mass is 9.95. The quantitative estimate of drug-likeness (QED) is 0.805. The number of aromatic nitrogens is 1. The highest BCUT2D eigenvalue weighted by Crippen LogP contribution is 2.35. The molecule has 0 N–H and O–H groups in total. The molecule has 0 unspecified atom stereocenters. The molecule has 0 aliphatic carbocycles. The summed E-state index contributed by atoms with van der Waals surface area (Å²) < 4.78 is 0. The Hall–Kier alpha value is -1.81. The fraction of sp³-hybridized carbons (Fsp3) is 0.444. The van der Waals surface area contributed by atoms with E-state index in [-0.39, 0.29) is 11.8 Å². The Kier molecular flexibility index (Phi) is 3.45. The molecule has 2 atom stereocenters. The van der Waals surface area contributed by atoms with Crippen LogP contribution in [-0.2, 0) is 4.79 Å². The van der Waals surface area contributed by atoms with Crippen molar-refractivity contribution in [3.63, 3.8) is 0 Å². The fourth-order valence-corrected chi connectivity index (χ4v) is 4.28. The number of pyridine rings is 1. The number of carbonyl (C=O) groups is 1. The molecular weight excluding hydrogens is 310 g/mol. The molecule has 1 aromatic heterocycles. The number of carbonyl (C=O) groups excluding carboxylic acids is 1. The van der Waals surface area contributed by atoms with Crippen molar-refractivity contribution < 1.29 is 4.79 Å². The van der Waals surface area contributed by atoms with E-state index >= 15 is 0 Å². The van der Waals surface area contributed by atoms with Crippen molar-refractivity contribution in [1.82, 2.24) is 9.88 Å². The first kappa shape index (κ1) is 14.8. The highest BCUT2D eigenvalue weighted by molar-refractivity contribution is 6.31. The third-order valence-corrected chi connectivity index (χ3v) is 5.50. The second-order valence-corrected chi connectivity index (χ2v) is 7.17. The van der Waals surface area contributed by atoms with Crippen LogP contribution >= 0.6 is 11.6 Å². The molecular formula is C18H20ClN3O. The normalized spacial score (nSPS) is 24.4. The average Bonchev–Trinajstić information content (AvgIpc) is 2.80. The molecule has 0 radical (unpaired) electrons. The van der Waals surface area contributed by atoms with Crippen LogP contribution in [0, 0.1) is 12.8 Å². The van der Waals surface area contributed by atoms with E-state index in [9.17, 15) is 4.79 Å². The van der Waals surface area contributed by atoms with Crippen molar-refractivity contribution >= 4 is 34.1 Å². The van der Waals surface area contributed by atoms with Gasteiger partial charge >= 0.3 is 0 Å². The third kappa shape index (κ3) is 2.36. The van der Waals surface area contributed by atoms with Gasteiger partial charge in [0.2, 0.25) is 5.91 Å². The largest absolute Gasteiger partial charge is 0.368 e. The summed E-state index contributed by atoms with van der Waals surface area (Å²) in [6.07, 6.45) is 3.94. The molecule has 3 aliphatic rings. The predicted molar refractivity (Wildman–Crippen MR) is 93.0 cm³/mol. The van der Waals surface area contributed by atoms with E-state index in [1.54, 1.807) is 0 Å². The zero-order valence-electron chi connectivity index (χ0n) is 13.4. The summed E-state index contributed by atoms with van der Waals surface area (Å²) in [5.74, 6) is 0.388. The number of anilines is 1. The summed E-state index contributed by atoms with van der Waals surface area (Å²) in [7, 11) is 1.94. The summed E-state index contributed by atoms with van der Waals surface area (Å²) in [5.41, 5.74) is 3.21. The van der Waals surface area contributed by atoms with Crippen molar-refractivity contribution in [2.45, 2.75) is 25.8 Å². The Morgan fingerprint density at radius 1 is 1.26 bits per heavy atom. The molecule has 3 fully saturated rings. The van der Waals surface area contributed by atoms with Gasteiger partial charge in [-0.1, -0.05) is 11.6 Å². The van der Waals surface area contributed by atoms with E-state index in [4.69, 9.17) is 11.6 Å². The molecule has 1 amide bonds. The Labute approximate surface area is 141 Å². The van der Waals surface area contributed by atoms with Crippen molar-refractivity contribution in [3.05, 3.63) is 35.0 Å². The minimum atomic E-state index is 0.0993. The van der Waals surface area contributed by atoms with Crippen LogP contribution in [0.4, 0.5) is 5.69 Å². The molecule has 2 bridgehead atoms. The lowest BCUT2D eigenvalue weighted by Crippen LogP contribution is -2.45. The molecule has 3 saturated heterocycles. The van der Waals surface area contributed by atoms with Crippen LogP contribution in [0.25, 0.3) is 10.9 Å². The maximum atomic E-state index is 12.4. The van der Waals surface area contributed by atoms with Gasteiger partial charge in [-0.15, -0.1) is 0 Å². The summed E-state index contributed by atoms with van der Waals surface area (Å²) >= 11 is 6.27. The second-order valence-electron chi connectivity index (χ2n) is 6.73. The first-order valence-corrected chi connectivity index (χ1v) is 8.49. The van der Waals surface area contributed by atoms with Crippen LogP contribution < -0.4 is 4.90 Å². The summed E-state index contributed by atoms with van der Waals surface area (Å²) in [4.78, 5) is 21.2. The molecule has 0 spiro atoms. The van der Waals surface area contributed by atoms with Crippen molar-refractivity contribution in [3.8, 4) is 0 Å². The Morgan fingerprint density at radius 2 is 2.09 bits per heavy atom. The zero-order valence-corrected chi connectivity index (χ0v) is 14.2. The molecule has 0 saturated carbocycles. The SMILES string of the molecule is Cc1cc(Cl)cc2c(N3C[C@H]4CC[C@@H](C3)N(C)C4=O)ccnc12. The van der Waals surface area contributed by atoms with E-state index in [1.165, 1.54) is 0 Å². The van der Waals surface area contributed by atoms with Gasteiger partial charge in [-0.3, -0.25) is 9.78 Å². The number of fused-ring (bicyclic) bond motifs is 5. The third-order valence-electron chi connectivity index (χ3n) is 5.28.